The fraction of sp³-hybridized carbons (Fsp3) is 0. The van der Waals surface area contributed by atoms with Crippen LogP contribution in [0.5, 0.6) is 0 Å². The third kappa shape index (κ3) is 3.53. The predicted molar refractivity (Wildman–Crippen MR) is 90.8 cm³/mol. The van der Waals surface area contributed by atoms with Crippen molar-refractivity contribution in [3.63, 3.8) is 0 Å². The summed E-state index contributed by atoms with van der Waals surface area (Å²) in [5.74, 6) is 0. The average molecular weight is 300 g/mol. The van der Waals surface area contributed by atoms with Crippen LogP contribution in [0.4, 0.5) is 0 Å². The first-order valence-corrected chi connectivity index (χ1v) is 8.51. The minimum absolute atomic E-state index is 1.29. The lowest BCUT2D eigenvalue weighted by atomic mass is 10.3. The third-order valence-electron chi connectivity index (χ3n) is 2.56. The molecular weight excluding hydrogens is 288 g/mol. The number of rotatable bonds is 4. The smallest absolute Gasteiger partial charge is 0.0277 e. The number of thiophene rings is 3. The van der Waals surface area contributed by atoms with Crippen LogP contribution in [0.1, 0.15) is 19.5 Å². The largest absolute Gasteiger partial charge is 0.144 e. The average Bonchev–Trinajstić information content (AvgIpc) is 3.16. The van der Waals surface area contributed by atoms with Crippen molar-refractivity contribution in [2.45, 2.75) is 0 Å². The molecule has 3 aromatic rings. The van der Waals surface area contributed by atoms with Gasteiger partial charge in [-0.15, -0.1) is 34.0 Å². The van der Waals surface area contributed by atoms with Crippen LogP contribution < -0.4 is 0 Å². The van der Waals surface area contributed by atoms with Gasteiger partial charge in [0.1, 0.15) is 0 Å². The second-order valence-electron chi connectivity index (χ2n) is 3.94. The van der Waals surface area contributed by atoms with E-state index < -0.39 is 0 Å². The minimum Gasteiger partial charge on any atom is -0.144 e. The van der Waals surface area contributed by atoms with Gasteiger partial charge in [-0.2, -0.15) is 0 Å². The maximum absolute atomic E-state index is 2.18. The van der Waals surface area contributed by atoms with Crippen molar-refractivity contribution in [3.8, 4) is 0 Å². The van der Waals surface area contributed by atoms with E-state index in [4.69, 9.17) is 0 Å². The Balaban J connectivity index is 1.69. The van der Waals surface area contributed by atoms with E-state index >= 15 is 0 Å². The quantitative estimate of drug-likeness (QED) is 0.537. The molecule has 0 saturated carbocycles. The number of hydrogen-bond acceptors (Lipinski definition) is 3. The van der Waals surface area contributed by atoms with Gasteiger partial charge >= 0.3 is 0 Å². The molecule has 0 aliphatic rings. The molecule has 3 aromatic heterocycles. The number of hydrogen-bond donors (Lipinski definition) is 0. The van der Waals surface area contributed by atoms with Crippen molar-refractivity contribution < 1.29 is 0 Å². The first-order valence-electron chi connectivity index (χ1n) is 5.93. The van der Waals surface area contributed by atoms with Gasteiger partial charge in [0.05, 0.1) is 0 Å². The topological polar surface area (TPSA) is 0 Å². The molecule has 19 heavy (non-hydrogen) atoms. The van der Waals surface area contributed by atoms with Gasteiger partial charge in [-0.25, -0.2) is 0 Å². The highest BCUT2D eigenvalue weighted by molar-refractivity contribution is 7.14. The maximum atomic E-state index is 2.18. The van der Waals surface area contributed by atoms with Crippen molar-refractivity contribution >= 4 is 58.3 Å². The molecule has 0 aliphatic heterocycles. The zero-order valence-corrected chi connectivity index (χ0v) is 12.6. The van der Waals surface area contributed by atoms with Gasteiger partial charge in [0.2, 0.25) is 0 Å². The molecule has 3 rings (SSSR count). The van der Waals surface area contributed by atoms with Crippen molar-refractivity contribution in [3.05, 3.63) is 66.7 Å². The van der Waals surface area contributed by atoms with Crippen molar-refractivity contribution in [1.29, 1.82) is 0 Å². The highest BCUT2D eigenvalue weighted by Gasteiger charge is 1.95. The molecule has 0 nitrogen and oxygen atoms in total. The second kappa shape index (κ2) is 6.15. The minimum atomic E-state index is 1.29. The summed E-state index contributed by atoms with van der Waals surface area (Å²) in [4.78, 5) is 5.17. The summed E-state index contributed by atoms with van der Waals surface area (Å²) < 4.78 is 0. The summed E-state index contributed by atoms with van der Waals surface area (Å²) >= 11 is 5.34. The highest BCUT2D eigenvalue weighted by Crippen LogP contribution is 2.23. The van der Waals surface area contributed by atoms with Crippen LogP contribution in [-0.2, 0) is 0 Å². The highest BCUT2D eigenvalue weighted by atomic mass is 32.1. The van der Waals surface area contributed by atoms with E-state index in [1.165, 1.54) is 19.5 Å². The Kier molecular flexibility index (Phi) is 4.08. The van der Waals surface area contributed by atoms with Crippen LogP contribution >= 0.6 is 34.0 Å². The van der Waals surface area contributed by atoms with Gasteiger partial charge in [0.25, 0.3) is 0 Å². The van der Waals surface area contributed by atoms with E-state index in [1.807, 2.05) is 11.3 Å². The molecule has 0 bridgehead atoms. The van der Waals surface area contributed by atoms with Gasteiger partial charge in [0.15, 0.2) is 0 Å². The van der Waals surface area contributed by atoms with Crippen molar-refractivity contribution in [1.82, 2.24) is 0 Å². The summed E-state index contributed by atoms with van der Waals surface area (Å²) in [6.07, 6.45) is 8.70. The van der Waals surface area contributed by atoms with Gasteiger partial charge in [-0.05, 0) is 59.3 Å². The van der Waals surface area contributed by atoms with Gasteiger partial charge in [0, 0.05) is 19.5 Å². The molecule has 3 heteroatoms. The fourth-order valence-corrected chi connectivity index (χ4v) is 3.70. The van der Waals surface area contributed by atoms with Crippen molar-refractivity contribution in [2.24, 2.45) is 0 Å². The summed E-state index contributed by atoms with van der Waals surface area (Å²) in [5, 5.41) is 4.20. The van der Waals surface area contributed by atoms with E-state index in [0.29, 0.717) is 0 Å². The zero-order valence-electron chi connectivity index (χ0n) is 10.2. The molecule has 0 unspecified atom stereocenters. The van der Waals surface area contributed by atoms with Gasteiger partial charge < -0.3 is 0 Å². The van der Waals surface area contributed by atoms with Gasteiger partial charge in [-0.3, -0.25) is 0 Å². The fourth-order valence-electron chi connectivity index (χ4n) is 1.65. The lowest BCUT2D eigenvalue weighted by molar-refractivity contribution is 1.91. The molecule has 0 N–H and O–H groups in total. The van der Waals surface area contributed by atoms with Crippen LogP contribution in [0.3, 0.4) is 0 Å². The van der Waals surface area contributed by atoms with Crippen LogP contribution in [0.15, 0.2) is 47.2 Å². The molecule has 0 spiro atoms. The Morgan fingerprint density at radius 3 is 1.47 bits per heavy atom. The zero-order chi connectivity index (χ0) is 12.9. The molecule has 0 fully saturated rings. The lowest BCUT2D eigenvalue weighted by Gasteiger charge is -1.85. The SMILES string of the molecule is C(=Cc1ccc(C=Cc2cccs2)s1)c1cccs1. The van der Waals surface area contributed by atoms with E-state index in [-0.39, 0.29) is 0 Å². The van der Waals surface area contributed by atoms with Crippen LogP contribution in [0.2, 0.25) is 0 Å². The molecule has 0 atom stereocenters. The van der Waals surface area contributed by atoms with Gasteiger partial charge in [-0.1, -0.05) is 12.1 Å². The Bertz CT molecular complexity index is 609. The first kappa shape index (κ1) is 12.6. The van der Waals surface area contributed by atoms with E-state index in [0.717, 1.165) is 0 Å². The summed E-state index contributed by atoms with van der Waals surface area (Å²) in [7, 11) is 0. The molecular formula is C16H12S3. The molecule has 0 radical (unpaired) electrons. The van der Waals surface area contributed by atoms with E-state index in [2.05, 4.69) is 71.5 Å². The summed E-state index contributed by atoms with van der Waals surface area (Å²) in [5.41, 5.74) is 0. The van der Waals surface area contributed by atoms with Crippen LogP contribution in [0, 0.1) is 0 Å². The third-order valence-corrected chi connectivity index (χ3v) is 5.25. The Hall–Kier alpha value is -1.42. The molecule has 0 amide bonds. The molecule has 0 saturated heterocycles. The van der Waals surface area contributed by atoms with E-state index in [1.54, 1.807) is 22.7 Å². The Labute approximate surface area is 125 Å². The lowest BCUT2D eigenvalue weighted by Crippen LogP contribution is -1.58. The van der Waals surface area contributed by atoms with Crippen LogP contribution in [0.25, 0.3) is 24.3 Å². The monoisotopic (exact) mass is 300 g/mol. The first-order chi connectivity index (χ1) is 9.40. The standard InChI is InChI=1S/C16H12S3/c1-3-13(17-11-1)5-7-15-9-10-16(19-15)8-6-14-4-2-12-18-14/h1-12H. The predicted octanol–water partition coefficient (Wildman–Crippen LogP) is 6.21. The normalized spacial score (nSPS) is 11.8. The second-order valence-corrected chi connectivity index (χ2v) is 7.04. The molecule has 94 valence electrons. The maximum Gasteiger partial charge on any atom is 0.0277 e. The molecule has 0 aliphatic carbocycles. The van der Waals surface area contributed by atoms with Crippen molar-refractivity contribution in [2.75, 3.05) is 0 Å². The summed E-state index contributed by atoms with van der Waals surface area (Å²) in [6.45, 7) is 0. The summed E-state index contributed by atoms with van der Waals surface area (Å²) in [6, 6.07) is 12.8. The Morgan fingerprint density at radius 1 is 0.579 bits per heavy atom. The molecule has 3 heterocycles. The Morgan fingerprint density at radius 2 is 1.05 bits per heavy atom. The molecule has 0 aromatic carbocycles. The van der Waals surface area contributed by atoms with Crippen LogP contribution in [-0.4, -0.2) is 0 Å². The van der Waals surface area contributed by atoms with E-state index in [9.17, 15) is 0 Å².